The van der Waals surface area contributed by atoms with E-state index in [4.69, 9.17) is 0 Å². The number of hydrogen-bond acceptors (Lipinski definition) is 3. The van der Waals surface area contributed by atoms with Crippen molar-refractivity contribution in [1.82, 2.24) is 14.1 Å². The SMILES string of the molecule is Cc1ccc(CC2CCN(S(=O)(=O)c3cnn(C)c3)C2)cc1F. The van der Waals surface area contributed by atoms with Gasteiger partial charge in [0.25, 0.3) is 0 Å². The highest BCUT2D eigenvalue weighted by Crippen LogP contribution is 2.26. The molecule has 2 aromatic rings. The molecule has 1 aromatic carbocycles. The summed E-state index contributed by atoms with van der Waals surface area (Å²) in [6.45, 7) is 2.69. The molecule has 124 valence electrons. The van der Waals surface area contributed by atoms with Gasteiger partial charge in [-0.25, -0.2) is 12.8 Å². The van der Waals surface area contributed by atoms with E-state index in [0.717, 1.165) is 12.0 Å². The Morgan fingerprint density at radius 1 is 1.39 bits per heavy atom. The minimum absolute atomic E-state index is 0.208. The first-order chi connectivity index (χ1) is 10.9. The first-order valence-corrected chi connectivity index (χ1v) is 9.04. The molecular formula is C16H20FN3O2S. The molecule has 3 rings (SSSR count). The molecule has 0 radical (unpaired) electrons. The Labute approximate surface area is 135 Å². The molecule has 1 aliphatic rings. The summed E-state index contributed by atoms with van der Waals surface area (Å²) in [5, 5.41) is 3.93. The number of rotatable bonds is 4. The normalized spacial score (nSPS) is 19.3. The number of hydrogen-bond donors (Lipinski definition) is 0. The van der Waals surface area contributed by atoms with E-state index in [1.54, 1.807) is 26.1 Å². The van der Waals surface area contributed by atoms with Crippen LogP contribution >= 0.6 is 0 Å². The summed E-state index contributed by atoms with van der Waals surface area (Å²) in [7, 11) is -1.79. The van der Waals surface area contributed by atoms with Gasteiger partial charge in [-0.1, -0.05) is 12.1 Å². The second-order valence-electron chi connectivity index (χ2n) is 6.16. The molecule has 0 amide bonds. The molecule has 0 N–H and O–H groups in total. The highest BCUT2D eigenvalue weighted by Gasteiger charge is 2.33. The lowest BCUT2D eigenvalue weighted by molar-refractivity contribution is 0.455. The Morgan fingerprint density at radius 2 is 2.17 bits per heavy atom. The number of nitrogens with zero attached hydrogens (tertiary/aromatic N) is 3. The summed E-state index contributed by atoms with van der Waals surface area (Å²) >= 11 is 0. The zero-order valence-corrected chi connectivity index (χ0v) is 14.1. The fourth-order valence-electron chi connectivity index (χ4n) is 2.96. The first kappa shape index (κ1) is 16.1. The molecule has 1 saturated heterocycles. The van der Waals surface area contributed by atoms with E-state index >= 15 is 0 Å². The largest absolute Gasteiger partial charge is 0.274 e. The highest BCUT2D eigenvalue weighted by molar-refractivity contribution is 7.89. The summed E-state index contributed by atoms with van der Waals surface area (Å²) in [4.78, 5) is 0.224. The Morgan fingerprint density at radius 3 is 2.83 bits per heavy atom. The standard InChI is InChI=1S/C16H20FN3O2S/c1-12-3-4-13(8-16(12)17)7-14-5-6-20(10-14)23(21,22)15-9-18-19(2)11-15/h3-4,8-9,11,14H,5-7,10H2,1-2H3. The van der Waals surface area contributed by atoms with Crippen LogP contribution < -0.4 is 0 Å². The van der Waals surface area contributed by atoms with Crippen molar-refractivity contribution in [1.29, 1.82) is 0 Å². The molecule has 23 heavy (non-hydrogen) atoms. The summed E-state index contributed by atoms with van der Waals surface area (Å²) in [5.74, 6) is 0.00360. The van der Waals surface area contributed by atoms with E-state index in [2.05, 4.69) is 5.10 Å². The van der Waals surface area contributed by atoms with Gasteiger partial charge in [0.15, 0.2) is 0 Å². The molecule has 0 saturated carbocycles. The van der Waals surface area contributed by atoms with E-state index in [-0.39, 0.29) is 16.6 Å². The van der Waals surface area contributed by atoms with Crippen LogP contribution in [0.1, 0.15) is 17.5 Å². The molecule has 1 aliphatic heterocycles. The van der Waals surface area contributed by atoms with Gasteiger partial charge in [-0.15, -0.1) is 0 Å². The van der Waals surface area contributed by atoms with Crippen LogP contribution in [0.4, 0.5) is 4.39 Å². The van der Waals surface area contributed by atoms with Crippen molar-refractivity contribution in [3.05, 3.63) is 47.5 Å². The van der Waals surface area contributed by atoms with E-state index in [1.807, 2.05) is 6.07 Å². The van der Waals surface area contributed by atoms with Crippen molar-refractivity contribution in [2.45, 2.75) is 24.7 Å². The van der Waals surface area contributed by atoms with Crippen LogP contribution in [0.25, 0.3) is 0 Å². The third-order valence-electron chi connectivity index (χ3n) is 4.33. The van der Waals surface area contributed by atoms with Crippen LogP contribution in [-0.4, -0.2) is 35.6 Å². The average molecular weight is 337 g/mol. The highest BCUT2D eigenvalue weighted by atomic mass is 32.2. The molecular weight excluding hydrogens is 317 g/mol. The molecule has 1 unspecified atom stereocenters. The minimum atomic E-state index is -3.48. The van der Waals surface area contributed by atoms with Crippen molar-refractivity contribution in [2.24, 2.45) is 13.0 Å². The van der Waals surface area contributed by atoms with E-state index < -0.39 is 10.0 Å². The molecule has 7 heteroatoms. The van der Waals surface area contributed by atoms with Crippen LogP contribution in [0.2, 0.25) is 0 Å². The maximum absolute atomic E-state index is 13.6. The summed E-state index contributed by atoms with van der Waals surface area (Å²) in [5.41, 5.74) is 1.54. The van der Waals surface area contributed by atoms with Crippen LogP contribution in [0.3, 0.4) is 0 Å². The fourth-order valence-corrected chi connectivity index (χ4v) is 4.48. The quantitative estimate of drug-likeness (QED) is 0.859. The molecule has 0 aliphatic carbocycles. The van der Waals surface area contributed by atoms with Gasteiger partial charge in [-0.3, -0.25) is 4.68 Å². The molecule has 1 atom stereocenters. The lowest BCUT2D eigenvalue weighted by Crippen LogP contribution is -2.28. The second kappa shape index (κ2) is 6.05. The number of sulfonamides is 1. The Bertz CT molecular complexity index is 816. The molecule has 0 bridgehead atoms. The summed E-state index contributed by atoms with van der Waals surface area (Å²) < 4.78 is 41.7. The van der Waals surface area contributed by atoms with Crippen LogP contribution in [-0.2, 0) is 23.5 Å². The topological polar surface area (TPSA) is 55.2 Å². The summed E-state index contributed by atoms with van der Waals surface area (Å²) in [6.07, 6.45) is 4.36. The minimum Gasteiger partial charge on any atom is -0.274 e. The van der Waals surface area contributed by atoms with Crippen molar-refractivity contribution < 1.29 is 12.8 Å². The van der Waals surface area contributed by atoms with Gasteiger partial charge < -0.3 is 0 Å². The van der Waals surface area contributed by atoms with E-state index in [9.17, 15) is 12.8 Å². The van der Waals surface area contributed by atoms with Crippen LogP contribution in [0.15, 0.2) is 35.5 Å². The molecule has 1 aromatic heterocycles. The predicted octanol–water partition coefficient (Wildman–Crippen LogP) is 2.12. The predicted molar refractivity (Wildman–Crippen MR) is 84.9 cm³/mol. The van der Waals surface area contributed by atoms with Gasteiger partial charge in [0.05, 0.1) is 6.20 Å². The molecule has 1 fully saturated rings. The lowest BCUT2D eigenvalue weighted by Gasteiger charge is -2.15. The Kier molecular flexibility index (Phi) is 4.25. The Hall–Kier alpha value is -1.73. The zero-order valence-electron chi connectivity index (χ0n) is 13.2. The number of aromatic nitrogens is 2. The van der Waals surface area contributed by atoms with Gasteiger partial charge in [0.2, 0.25) is 10.0 Å². The second-order valence-corrected chi connectivity index (χ2v) is 8.09. The third-order valence-corrected chi connectivity index (χ3v) is 6.15. The Balaban J connectivity index is 1.69. The van der Waals surface area contributed by atoms with Gasteiger partial charge in [0.1, 0.15) is 10.7 Å². The number of aryl methyl sites for hydroxylation is 2. The number of benzene rings is 1. The average Bonchev–Trinajstić information content (AvgIpc) is 3.13. The van der Waals surface area contributed by atoms with E-state index in [0.29, 0.717) is 25.1 Å². The van der Waals surface area contributed by atoms with Crippen molar-refractivity contribution in [3.8, 4) is 0 Å². The van der Waals surface area contributed by atoms with Crippen molar-refractivity contribution in [3.63, 3.8) is 0 Å². The smallest absolute Gasteiger partial charge is 0.246 e. The first-order valence-electron chi connectivity index (χ1n) is 7.60. The number of halogens is 1. The van der Waals surface area contributed by atoms with Crippen LogP contribution in [0.5, 0.6) is 0 Å². The van der Waals surface area contributed by atoms with Gasteiger partial charge in [-0.2, -0.15) is 9.40 Å². The monoisotopic (exact) mass is 337 g/mol. The molecule has 2 heterocycles. The molecule has 5 nitrogen and oxygen atoms in total. The maximum atomic E-state index is 13.6. The van der Waals surface area contributed by atoms with Gasteiger partial charge in [0, 0.05) is 26.3 Å². The third kappa shape index (κ3) is 3.30. The van der Waals surface area contributed by atoms with Crippen molar-refractivity contribution >= 4 is 10.0 Å². The summed E-state index contributed by atoms with van der Waals surface area (Å²) in [6, 6.07) is 5.23. The van der Waals surface area contributed by atoms with E-state index in [1.165, 1.54) is 21.4 Å². The van der Waals surface area contributed by atoms with Gasteiger partial charge in [-0.05, 0) is 42.9 Å². The lowest BCUT2D eigenvalue weighted by atomic mass is 9.98. The zero-order chi connectivity index (χ0) is 16.6. The van der Waals surface area contributed by atoms with Gasteiger partial charge >= 0.3 is 0 Å². The van der Waals surface area contributed by atoms with Crippen molar-refractivity contribution in [2.75, 3.05) is 13.1 Å². The maximum Gasteiger partial charge on any atom is 0.246 e. The fraction of sp³-hybridized carbons (Fsp3) is 0.438. The van der Waals surface area contributed by atoms with Crippen LogP contribution in [0, 0.1) is 18.7 Å². The molecule has 0 spiro atoms.